The third-order valence-electron chi connectivity index (χ3n) is 6.89. The molecule has 8 nitrogen and oxygen atoms in total. The molecule has 4 aromatic rings. The van der Waals surface area contributed by atoms with Crippen molar-refractivity contribution in [1.29, 1.82) is 0 Å². The molecule has 1 saturated heterocycles. The maximum absolute atomic E-state index is 12.8. The first kappa shape index (κ1) is 20.7. The molecule has 0 radical (unpaired) electrons. The third-order valence-corrected chi connectivity index (χ3v) is 6.89. The van der Waals surface area contributed by atoms with Gasteiger partial charge in [-0.3, -0.25) is 4.79 Å². The summed E-state index contributed by atoms with van der Waals surface area (Å²) < 4.78 is 0. The van der Waals surface area contributed by atoms with Crippen LogP contribution < -0.4 is 15.5 Å². The van der Waals surface area contributed by atoms with E-state index in [4.69, 9.17) is 0 Å². The van der Waals surface area contributed by atoms with Crippen LogP contribution in [0.25, 0.3) is 22.2 Å². The molecule has 8 heteroatoms. The predicted octanol–water partition coefficient (Wildman–Crippen LogP) is 3.67. The van der Waals surface area contributed by atoms with Gasteiger partial charge in [-0.05, 0) is 60.5 Å². The molecule has 0 spiro atoms. The Labute approximate surface area is 198 Å². The fraction of sp³-hybridized carbons (Fsp3) is 0.269. The molecule has 0 unspecified atom stereocenters. The summed E-state index contributed by atoms with van der Waals surface area (Å²) in [5.41, 5.74) is 7.67. The van der Waals surface area contributed by atoms with Gasteiger partial charge in [-0.1, -0.05) is 6.07 Å². The Bertz CT molecular complexity index is 1380. The summed E-state index contributed by atoms with van der Waals surface area (Å²) in [4.78, 5) is 29.9. The first-order valence-corrected chi connectivity index (χ1v) is 11.6. The first-order valence-electron chi connectivity index (χ1n) is 11.6. The monoisotopic (exact) mass is 453 g/mol. The zero-order chi connectivity index (χ0) is 23.2. The number of nitrogens with one attached hydrogen (secondary N) is 3. The number of carbonyl (C=O) groups excluding carboxylic acids is 1. The van der Waals surface area contributed by atoms with Crippen molar-refractivity contribution >= 4 is 34.1 Å². The average molecular weight is 454 g/mol. The van der Waals surface area contributed by atoms with Crippen LogP contribution in [0.1, 0.15) is 21.5 Å². The van der Waals surface area contributed by atoms with Gasteiger partial charge in [0.2, 0.25) is 0 Å². The number of aromatic amines is 1. The van der Waals surface area contributed by atoms with Gasteiger partial charge >= 0.3 is 0 Å². The molecule has 6 rings (SSSR count). The molecule has 172 valence electrons. The zero-order valence-corrected chi connectivity index (χ0v) is 19.4. The van der Waals surface area contributed by atoms with Crippen LogP contribution in [0.4, 0.5) is 17.2 Å². The third kappa shape index (κ3) is 3.47. The van der Waals surface area contributed by atoms with Crippen LogP contribution in [0.15, 0.2) is 48.9 Å². The molecule has 0 atom stereocenters. The summed E-state index contributed by atoms with van der Waals surface area (Å²) in [6.45, 7) is 6.68. The van der Waals surface area contributed by atoms with Crippen LogP contribution in [0, 0.1) is 6.92 Å². The fourth-order valence-electron chi connectivity index (χ4n) is 5.00. The van der Waals surface area contributed by atoms with Crippen LogP contribution in [0.2, 0.25) is 0 Å². The number of anilines is 3. The molecule has 3 N–H and O–H groups in total. The number of likely N-dealkylation sites (N-methyl/N-ethyl adjacent to an activating group) is 1. The van der Waals surface area contributed by atoms with E-state index in [0.29, 0.717) is 12.1 Å². The minimum absolute atomic E-state index is 0.0644. The molecule has 0 saturated carbocycles. The van der Waals surface area contributed by atoms with Crippen molar-refractivity contribution in [3.63, 3.8) is 0 Å². The number of carbonyl (C=O) groups is 1. The highest BCUT2D eigenvalue weighted by Gasteiger charge is 2.27. The molecule has 0 bridgehead atoms. The van der Waals surface area contributed by atoms with Gasteiger partial charge in [0, 0.05) is 50.5 Å². The lowest BCUT2D eigenvalue weighted by molar-refractivity contribution is 0.0966. The lowest BCUT2D eigenvalue weighted by Crippen LogP contribution is -2.44. The van der Waals surface area contributed by atoms with E-state index in [-0.39, 0.29) is 5.91 Å². The second-order valence-electron chi connectivity index (χ2n) is 9.07. The van der Waals surface area contributed by atoms with Gasteiger partial charge in [0.15, 0.2) is 0 Å². The van der Waals surface area contributed by atoms with Crippen molar-refractivity contribution in [3.8, 4) is 11.1 Å². The number of hydrogen-bond donors (Lipinski definition) is 3. The van der Waals surface area contributed by atoms with Crippen molar-refractivity contribution in [2.45, 2.75) is 13.5 Å². The molecular formula is C26H27N7O. The Hall–Kier alpha value is -3.91. The zero-order valence-electron chi connectivity index (χ0n) is 19.4. The molecule has 5 heterocycles. The topological polar surface area (TPSA) is 89.2 Å². The summed E-state index contributed by atoms with van der Waals surface area (Å²) in [5.74, 6) is 0.658. The Balaban J connectivity index is 1.33. The average Bonchev–Trinajstić information content (AvgIpc) is 3.48. The molecule has 1 aromatic carbocycles. The number of benzene rings is 1. The Kier molecular flexibility index (Phi) is 4.95. The highest BCUT2D eigenvalue weighted by atomic mass is 16.1. The predicted molar refractivity (Wildman–Crippen MR) is 135 cm³/mol. The second kappa shape index (κ2) is 8.14. The normalized spacial score (nSPS) is 16.1. The Morgan fingerprint density at radius 1 is 0.971 bits per heavy atom. The SMILES string of the molecule is Cc1cnc2[nH]ccc2c1-c1ccc(Nc2ccc(N3CCN(C)CC3)cn2)c2c1CNC2=O. The molecule has 0 aliphatic carbocycles. The summed E-state index contributed by atoms with van der Waals surface area (Å²) >= 11 is 0. The summed E-state index contributed by atoms with van der Waals surface area (Å²) in [6, 6.07) is 10.2. The number of piperazine rings is 1. The molecule has 2 aliphatic heterocycles. The molecule has 3 aromatic heterocycles. The number of aryl methyl sites for hydroxylation is 1. The Morgan fingerprint density at radius 3 is 2.62 bits per heavy atom. The van der Waals surface area contributed by atoms with Crippen LogP contribution in [0.3, 0.4) is 0 Å². The summed E-state index contributed by atoms with van der Waals surface area (Å²) in [5, 5.41) is 7.44. The molecule has 1 fully saturated rings. The van der Waals surface area contributed by atoms with Crippen LogP contribution in [-0.4, -0.2) is 59.0 Å². The highest BCUT2D eigenvalue weighted by molar-refractivity contribution is 6.07. The molecule has 2 aliphatic rings. The van der Waals surface area contributed by atoms with E-state index < -0.39 is 0 Å². The van der Waals surface area contributed by atoms with Gasteiger partial charge in [-0.15, -0.1) is 0 Å². The lowest BCUT2D eigenvalue weighted by Gasteiger charge is -2.33. The molecular weight excluding hydrogens is 426 g/mol. The number of nitrogens with zero attached hydrogens (tertiary/aromatic N) is 4. The van der Waals surface area contributed by atoms with Gasteiger partial charge in [0.25, 0.3) is 5.91 Å². The smallest absolute Gasteiger partial charge is 0.254 e. The summed E-state index contributed by atoms with van der Waals surface area (Å²) in [6.07, 6.45) is 5.69. The summed E-state index contributed by atoms with van der Waals surface area (Å²) in [7, 11) is 2.15. The molecule has 34 heavy (non-hydrogen) atoms. The van der Waals surface area contributed by atoms with E-state index in [2.05, 4.69) is 61.5 Å². The molecule has 1 amide bonds. The van der Waals surface area contributed by atoms with Crippen LogP contribution >= 0.6 is 0 Å². The van der Waals surface area contributed by atoms with E-state index in [1.54, 1.807) is 0 Å². The van der Waals surface area contributed by atoms with Gasteiger partial charge in [0.1, 0.15) is 11.5 Å². The van der Waals surface area contributed by atoms with Crippen LogP contribution in [-0.2, 0) is 6.54 Å². The maximum Gasteiger partial charge on any atom is 0.254 e. The van der Waals surface area contributed by atoms with Gasteiger partial charge in [-0.2, -0.15) is 0 Å². The fourth-order valence-corrected chi connectivity index (χ4v) is 5.00. The highest BCUT2D eigenvalue weighted by Crippen LogP contribution is 2.39. The van der Waals surface area contributed by atoms with Crippen molar-refractivity contribution in [3.05, 3.63) is 65.6 Å². The van der Waals surface area contributed by atoms with Gasteiger partial charge < -0.3 is 25.4 Å². The minimum Gasteiger partial charge on any atom is -0.368 e. The number of rotatable bonds is 4. The van der Waals surface area contributed by atoms with Crippen molar-refractivity contribution in [1.82, 2.24) is 25.2 Å². The Morgan fingerprint density at radius 2 is 1.82 bits per heavy atom. The van der Waals surface area contributed by atoms with E-state index in [9.17, 15) is 4.79 Å². The van der Waals surface area contributed by atoms with Gasteiger partial charge in [0.05, 0.1) is 23.1 Å². The largest absolute Gasteiger partial charge is 0.368 e. The number of pyridine rings is 2. The van der Waals surface area contributed by atoms with Crippen molar-refractivity contribution < 1.29 is 4.79 Å². The standard InChI is InChI=1S/C26H27N7O/c1-16-13-29-25-19(7-8-27-25)23(16)18-4-5-21(24-20(18)15-30-26(24)34)31-22-6-3-17(14-28-22)33-11-9-32(2)10-12-33/h3-8,13-14H,9-12,15H2,1-2H3,(H,27,29)(H,28,31)(H,30,34). The number of hydrogen-bond acceptors (Lipinski definition) is 6. The number of amides is 1. The van der Waals surface area contributed by atoms with E-state index in [1.807, 2.05) is 36.8 Å². The minimum atomic E-state index is -0.0644. The van der Waals surface area contributed by atoms with E-state index in [1.165, 1.54) is 0 Å². The lowest BCUT2D eigenvalue weighted by atomic mass is 9.92. The van der Waals surface area contributed by atoms with E-state index >= 15 is 0 Å². The van der Waals surface area contributed by atoms with E-state index in [0.717, 1.165) is 76.7 Å². The number of aromatic nitrogens is 3. The van der Waals surface area contributed by atoms with Crippen molar-refractivity contribution in [2.75, 3.05) is 43.4 Å². The maximum atomic E-state index is 12.8. The van der Waals surface area contributed by atoms with Gasteiger partial charge in [-0.25, -0.2) is 9.97 Å². The second-order valence-corrected chi connectivity index (χ2v) is 9.07. The quantitative estimate of drug-likeness (QED) is 0.437. The number of H-pyrrole nitrogens is 1. The first-order chi connectivity index (χ1) is 16.6. The van der Waals surface area contributed by atoms with Crippen LogP contribution in [0.5, 0.6) is 0 Å². The number of fused-ring (bicyclic) bond motifs is 2. The van der Waals surface area contributed by atoms with Crippen molar-refractivity contribution in [2.24, 2.45) is 0 Å².